The third-order valence-electron chi connectivity index (χ3n) is 5.09. The average Bonchev–Trinajstić information content (AvgIpc) is 2.72. The number of anilines is 2. The molecule has 1 aliphatic rings. The van der Waals surface area contributed by atoms with Crippen molar-refractivity contribution in [3.8, 4) is 0 Å². The maximum Gasteiger partial charge on any atom is 0.249 e. The normalized spacial score (nSPS) is 15.1. The zero-order chi connectivity index (χ0) is 19.2. The van der Waals surface area contributed by atoms with Crippen molar-refractivity contribution in [3.63, 3.8) is 0 Å². The molecule has 2 amide bonds. The Hall–Kier alpha value is -2.82. The number of hydrogen-bond acceptors (Lipinski definition) is 3. The molecule has 1 fully saturated rings. The van der Waals surface area contributed by atoms with Crippen molar-refractivity contribution in [1.29, 1.82) is 0 Å². The van der Waals surface area contributed by atoms with E-state index in [1.807, 2.05) is 59.5 Å². The van der Waals surface area contributed by atoms with E-state index in [4.69, 9.17) is 0 Å². The molecule has 2 aromatic rings. The predicted molar refractivity (Wildman–Crippen MR) is 109 cm³/mol. The van der Waals surface area contributed by atoms with E-state index in [0.29, 0.717) is 0 Å². The first-order valence-electron chi connectivity index (χ1n) is 9.51. The van der Waals surface area contributed by atoms with Gasteiger partial charge in [-0.2, -0.15) is 0 Å². The van der Waals surface area contributed by atoms with E-state index in [1.54, 1.807) is 11.9 Å². The monoisotopic (exact) mass is 365 g/mol. The number of nitrogens with zero attached hydrogens (tertiary/aromatic N) is 2. The molecule has 1 aliphatic heterocycles. The molecule has 0 aromatic heterocycles. The summed E-state index contributed by atoms with van der Waals surface area (Å²) < 4.78 is 0. The van der Waals surface area contributed by atoms with Crippen LogP contribution >= 0.6 is 0 Å². The summed E-state index contributed by atoms with van der Waals surface area (Å²) in [6.07, 6.45) is 3.33. The second-order valence-electron chi connectivity index (χ2n) is 7.00. The standard InChI is InChI=1S/C22H27N3O2/c1-17(26)24(2)20-13-11-19(12-14-20)23-21(18-9-5-3-6-10-18)22(27)25-15-7-4-8-16-25/h3,5-6,9-14,21,23H,4,7-8,15-16H2,1-2H3. The van der Waals surface area contributed by atoms with Crippen molar-refractivity contribution in [2.24, 2.45) is 0 Å². The predicted octanol–water partition coefficient (Wildman–Crippen LogP) is 3.84. The van der Waals surface area contributed by atoms with Crippen LogP contribution in [0, 0.1) is 0 Å². The molecule has 3 rings (SSSR count). The Labute approximate surface area is 161 Å². The van der Waals surface area contributed by atoms with Crippen LogP contribution < -0.4 is 10.2 Å². The van der Waals surface area contributed by atoms with Crippen LogP contribution in [0.1, 0.15) is 37.8 Å². The number of benzene rings is 2. The van der Waals surface area contributed by atoms with Gasteiger partial charge in [-0.25, -0.2) is 0 Å². The minimum Gasteiger partial charge on any atom is -0.370 e. The van der Waals surface area contributed by atoms with E-state index in [0.717, 1.165) is 42.9 Å². The molecule has 0 bridgehead atoms. The maximum absolute atomic E-state index is 13.2. The van der Waals surface area contributed by atoms with Crippen LogP contribution in [0.3, 0.4) is 0 Å². The summed E-state index contributed by atoms with van der Waals surface area (Å²) in [5.41, 5.74) is 2.64. The molecule has 142 valence electrons. The summed E-state index contributed by atoms with van der Waals surface area (Å²) in [6.45, 7) is 3.19. The van der Waals surface area contributed by atoms with Crippen LogP contribution in [0.25, 0.3) is 0 Å². The third-order valence-corrected chi connectivity index (χ3v) is 5.09. The van der Waals surface area contributed by atoms with E-state index in [9.17, 15) is 9.59 Å². The molecular weight excluding hydrogens is 338 g/mol. The molecule has 1 unspecified atom stereocenters. The zero-order valence-electron chi connectivity index (χ0n) is 16.0. The van der Waals surface area contributed by atoms with Crippen LogP contribution in [0.2, 0.25) is 0 Å². The highest BCUT2D eigenvalue weighted by atomic mass is 16.2. The highest BCUT2D eigenvalue weighted by Crippen LogP contribution is 2.25. The highest BCUT2D eigenvalue weighted by molar-refractivity contribution is 5.91. The fraction of sp³-hybridized carbons (Fsp3) is 0.364. The summed E-state index contributed by atoms with van der Waals surface area (Å²) >= 11 is 0. The van der Waals surface area contributed by atoms with Gasteiger partial charge in [-0.05, 0) is 49.1 Å². The maximum atomic E-state index is 13.2. The van der Waals surface area contributed by atoms with Gasteiger partial charge in [-0.3, -0.25) is 9.59 Å². The molecule has 1 heterocycles. The fourth-order valence-corrected chi connectivity index (χ4v) is 3.36. The first kappa shape index (κ1) is 19.0. The van der Waals surface area contributed by atoms with Gasteiger partial charge in [-0.1, -0.05) is 30.3 Å². The van der Waals surface area contributed by atoms with Crippen molar-refractivity contribution in [1.82, 2.24) is 4.90 Å². The molecule has 0 spiro atoms. The van der Waals surface area contributed by atoms with Crippen molar-refractivity contribution < 1.29 is 9.59 Å². The Morgan fingerprint density at radius 1 is 0.963 bits per heavy atom. The van der Waals surface area contributed by atoms with Gasteiger partial charge in [-0.15, -0.1) is 0 Å². The number of piperidine rings is 1. The third kappa shape index (κ3) is 4.67. The summed E-state index contributed by atoms with van der Waals surface area (Å²) in [7, 11) is 1.75. The van der Waals surface area contributed by atoms with Gasteiger partial charge >= 0.3 is 0 Å². The topological polar surface area (TPSA) is 52.7 Å². The summed E-state index contributed by atoms with van der Waals surface area (Å²) in [4.78, 5) is 28.3. The minimum absolute atomic E-state index is 0.0156. The quantitative estimate of drug-likeness (QED) is 0.876. The smallest absolute Gasteiger partial charge is 0.249 e. The minimum atomic E-state index is -0.416. The molecule has 5 heteroatoms. The Bertz CT molecular complexity index is 768. The van der Waals surface area contributed by atoms with E-state index < -0.39 is 6.04 Å². The van der Waals surface area contributed by atoms with Gasteiger partial charge in [0.2, 0.25) is 11.8 Å². The van der Waals surface area contributed by atoms with E-state index >= 15 is 0 Å². The van der Waals surface area contributed by atoms with E-state index in [1.165, 1.54) is 13.3 Å². The largest absolute Gasteiger partial charge is 0.370 e. The van der Waals surface area contributed by atoms with E-state index in [2.05, 4.69) is 5.32 Å². The van der Waals surface area contributed by atoms with Gasteiger partial charge in [0.05, 0.1) is 0 Å². The molecule has 0 radical (unpaired) electrons. The molecule has 1 atom stereocenters. The first-order chi connectivity index (χ1) is 13.1. The average molecular weight is 365 g/mol. The summed E-state index contributed by atoms with van der Waals surface area (Å²) in [5, 5.41) is 3.39. The molecule has 2 aromatic carbocycles. The highest BCUT2D eigenvalue weighted by Gasteiger charge is 2.26. The molecular formula is C22H27N3O2. The van der Waals surface area contributed by atoms with Crippen LogP contribution in [0.15, 0.2) is 54.6 Å². The van der Waals surface area contributed by atoms with E-state index in [-0.39, 0.29) is 11.8 Å². The number of hydrogen-bond donors (Lipinski definition) is 1. The number of rotatable bonds is 5. The lowest BCUT2D eigenvalue weighted by molar-refractivity contribution is -0.133. The Morgan fingerprint density at radius 2 is 1.59 bits per heavy atom. The second kappa shape index (κ2) is 8.71. The van der Waals surface area contributed by atoms with Gasteiger partial charge in [0.1, 0.15) is 6.04 Å². The van der Waals surface area contributed by atoms with Crippen molar-refractivity contribution >= 4 is 23.2 Å². The molecule has 1 N–H and O–H groups in total. The summed E-state index contributed by atoms with van der Waals surface area (Å²) in [5.74, 6) is 0.101. The lowest BCUT2D eigenvalue weighted by Gasteiger charge is -2.31. The number of amides is 2. The number of nitrogens with one attached hydrogen (secondary N) is 1. The lowest BCUT2D eigenvalue weighted by Crippen LogP contribution is -2.41. The van der Waals surface area contributed by atoms with Gasteiger partial charge in [0, 0.05) is 38.4 Å². The molecule has 27 heavy (non-hydrogen) atoms. The Balaban J connectivity index is 1.81. The molecule has 0 saturated carbocycles. The van der Waals surface area contributed by atoms with Crippen LogP contribution in [0.4, 0.5) is 11.4 Å². The number of likely N-dealkylation sites (tertiary alicyclic amines) is 1. The Morgan fingerprint density at radius 3 is 2.19 bits per heavy atom. The van der Waals surface area contributed by atoms with Gasteiger partial charge in [0.25, 0.3) is 0 Å². The number of carbonyl (C=O) groups is 2. The summed E-state index contributed by atoms with van der Waals surface area (Å²) in [6, 6.07) is 17.0. The molecule has 0 aliphatic carbocycles. The molecule has 1 saturated heterocycles. The fourth-order valence-electron chi connectivity index (χ4n) is 3.36. The number of carbonyl (C=O) groups excluding carboxylic acids is 2. The van der Waals surface area contributed by atoms with Crippen LogP contribution in [0.5, 0.6) is 0 Å². The van der Waals surface area contributed by atoms with Crippen LogP contribution in [-0.2, 0) is 9.59 Å². The van der Waals surface area contributed by atoms with Crippen molar-refractivity contribution in [2.45, 2.75) is 32.2 Å². The van der Waals surface area contributed by atoms with Crippen molar-refractivity contribution in [3.05, 3.63) is 60.2 Å². The van der Waals surface area contributed by atoms with Gasteiger partial charge in [0.15, 0.2) is 0 Å². The second-order valence-corrected chi connectivity index (χ2v) is 7.00. The van der Waals surface area contributed by atoms with Crippen LogP contribution in [-0.4, -0.2) is 36.9 Å². The lowest BCUT2D eigenvalue weighted by atomic mass is 10.0. The first-order valence-corrected chi connectivity index (χ1v) is 9.51. The molecule has 5 nitrogen and oxygen atoms in total. The van der Waals surface area contributed by atoms with Crippen molar-refractivity contribution in [2.75, 3.05) is 30.4 Å². The van der Waals surface area contributed by atoms with Gasteiger partial charge < -0.3 is 15.1 Å². The Kier molecular flexibility index (Phi) is 6.12. The zero-order valence-corrected chi connectivity index (χ0v) is 16.0. The SMILES string of the molecule is CC(=O)N(C)c1ccc(NC(C(=O)N2CCCCC2)c2ccccc2)cc1.